The van der Waals surface area contributed by atoms with Gasteiger partial charge in [0.2, 0.25) is 0 Å². The van der Waals surface area contributed by atoms with Gasteiger partial charge in [-0.05, 0) is 55.2 Å². The van der Waals surface area contributed by atoms with Crippen LogP contribution < -0.4 is 10.6 Å². The van der Waals surface area contributed by atoms with Crippen molar-refractivity contribution < 1.29 is 0 Å². The summed E-state index contributed by atoms with van der Waals surface area (Å²) in [6.45, 7) is 4.06. The van der Waals surface area contributed by atoms with Crippen LogP contribution in [0.1, 0.15) is 23.4 Å². The van der Waals surface area contributed by atoms with Gasteiger partial charge in [0.25, 0.3) is 0 Å². The van der Waals surface area contributed by atoms with Gasteiger partial charge in [-0.3, -0.25) is 0 Å². The molecule has 0 bridgehead atoms. The quantitative estimate of drug-likeness (QED) is 0.799. The smallest absolute Gasteiger partial charge is 0.171 e. The van der Waals surface area contributed by atoms with E-state index in [0.29, 0.717) is 5.11 Å². The number of hydrogen-bond acceptors (Lipinski definition) is 2. The summed E-state index contributed by atoms with van der Waals surface area (Å²) < 4.78 is 0. The Kier molecular flexibility index (Phi) is 4.80. The van der Waals surface area contributed by atoms with E-state index >= 15 is 0 Å². The van der Waals surface area contributed by atoms with E-state index in [1.165, 1.54) is 4.88 Å². The molecule has 1 aromatic carbocycles. The fourth-order valence-electron chi connectivity index (χ4n) is 1.71. The summed E-state index contributed by atoms with van der Waals surface area (Å²) in [6, 6.07) is 10.1. The molecule has 5 heteroatoms. The fraction of sp³-hybridized carbons (Fsp3) is 0.214. The molecule has 2 aromatic rings. The van der Waals surface area contributed by atoms with E-state index in [4.69, 9.17) is 23.8 Å². The second-order valence-corrected chi connectivity index (χ2v) is 6.04. The maximum absolute atomic E-state index is 6.08. The lowest BCUT2D eigenvalue weighted by Crippen LogP contribution is -2.30. The zero-order valence-corrected chi connectivity index (χ0v) is 13.1. The molecule has 100 valence electrons. The lowest BCUT2D eigenvalue weighted by molar-refractivity contribution is 0.737. The molecule has 2 rings (SSSR count). The Balaban J connectivity index is 2.00. The second kappa shape index (κ2) is 6.37. The molecular weight excluding hydrogens is 296 g/mol. The van der Waals surface area contributed by atoms with Gasteiger partial charge in [-0.25, -0.2) is 0 Å². The maximum atomic E-state index is 6.08. The fourth-order valence-corrected chi connectivity index (χ4v) is 2.90. The number of nitrogens with one attached hydrogen (secondary N) is 2. The minimum Gasteiger partial charge on any atom is -0.355 e. The highest BCUT2D eigenvalue weighted by molar-refractivity contribution is 7.80. The van der Waals surface area contributed by atoms with Gasteiger partial charge in [0.05, 0.1) is 6.04 Å². The van der Waals surface area contributed by atoms with Crippen LogP contribution in [-0.4, -0.2) is 5.11 Å². The average molecular weight is 311 g/mol. The molecule has 0 amide bonds. The largest absolute Gasteiger partial charge is 0.355 e. The van der Waals surface area contributed by atoms with Crippen LogP contribution in [0.25, 0.3) is 0 Å². The van der Waals surface area contributed by atoms with E-state index in [-0.39, 0.29) is 6.04 Å². The van der Waals surface area contributed by atoms with Crippen LogP contribution in [0.3, 0.4) is 0 Å². The van der Waals surface area contributed by atoms with Crippen LogP contribution >= 0.6 is 35.2 Å². The minimum atomic E-state index is 0.194. The zero-order chi connectivity index (χ0) is 13.8. The first-order chi connectivity index (χ1) is 9.08. The number of halogens is 1. The standard InChI is InChI=1S/C14H15ClN2S2/c1-9-11(15)5-3-6-12(9)17-14(18)16-10(2)13-7-4-8-19-13/h3-8,10H,1-2H3,(H2,16,17,18)/t10-/m0/s1. The number of hydrogen-bond donors (Lipinski definition) is 2. The van der Waals surface area contributed by atoms with Crippen molar-refractivity contribution in [1.29, 1.82) is 0 Å². The van der Waals surface area contributed by atoms with Crippen LogP contribution in [-0.2, 0) is 0 Å². The van der Waals surface area contributed by atoms with Gasteiger partial charge >= 0.3 is 0 Å². The van der Waals surface area contributed by atoms with Crippen molar-refractivity contribution in [3.63, 3.8) is 0 Å². The molecule has 1 aromatic heterocycles. The van der Waals surface area contributed by atoms with Gasteiger partial charge < -0.3 is 10.6 Å². The molecule has 0 unspecified atom stereocenters. The highest BCUT2D eigenvalue weighted by Gasteiger charge is 2.09. The van der Waals surface area contributed by atoms with Crippen LogP contribution in [0, 0.1) is 6.92 Å². The Morgan fingerprint density at radius 2 is 2.11 bits per heavy atom. The lowest BCUT2D eigenvalue weighted by atomic mass is 10.2. The number of benzene rings is 1. The highest BCUT2D eigenvalue weighted by Crippen LogP contribution is 2.23. The topological polar surface area (TPSA) is 24.1 Å². The Hall–Kier alpha value is -1.10. The van der Waals surface area contributed by atoms with Crippen molar-refractivity contribution in [3.8, 4) is 0 Å². The van der Waals surface area contributed by atoms with E-state index in [1.54, 1.807) is 11.3 Å². The van der Waals surface area contributed by atoms with E-state index in [1.807, 2.05) is 31.2 Å². The van der Waals surface area contributed by atoms with Crippen LogP contribution in [0.2, 0.25) is 5.02 Å². The minimum absolute atomic E-state index is 0.194. The number of anilines is 1. The monoisotopic (exact) mass is 310 g/mol. The number of thiocarbonyl (C=S) groups is 1. The van der Waals surface area contributed by atoms with Crippen molar-refractivity contribution in [2.24, 2.45) is 0 Å². The molecule has 0 saturated heterocycles. The summed E-state index contributed by atoms with van der Waals surface area (Å²) >= 11 is 13.1. The molecule has 1 atom stereocenters. The number of thiophene rings is 1. The molecule has 0 aliphatic heterocycles. The molecule has 19 heavy (non-hydrogen) atoms. The first kappa shape index (κ1) is 14.3. The second-order valence-electron chi connectivity index (χ2n) is 4.25. The molecule has 0 aliphatic rings. The predicted molar refractivity (Wildman–Crippen MR) is 88.3 cm³/mol. The summed E-state index contributed by atoms with van der Waals surface area (Å²) in [7, 11) is 0. The third-order valence-corrected chi connectivity index (χ3v) is 4.52. The van der Waals surface area contributed by atoms with Gasteiger partial charge in [-0.2, -0.15) is 0 Å². The van der Waals surface area contributed by atoms with Gasteiger partial charge in [0.1, 0.15) is 0 Å². The first-order valence-electron chi connectivity index (χ1n) is 5.94. The summed E-state index contributed by atoms with van der Waals surface area (Å²) in [5.74, 6) is 0. The van der Waals surface area contributed by atoms with E-state index in [9.17, 15) is 0 Å². The summed E-state index contributed by atoms with van der Waals surface area (Å²) in [6.07, 6.45) is 0. The zero-order valence-electron chi connectivity index (χ0n) is 10.7. The number of rotatable bonds is 3. The van der Waals surface area contributed by atoms with E-state index < -0.39 is 0 Å². The average Bonchev–Trinajstić information content (AvgIpc) is 2.88. The predicted octanol–water partition coefficient (Wildman–Crippen LogP) is 4.76. The first-order valence-corrected chi connectivity index (χ1v) is 7.60. The van der Waals surface area contributed by atoms with Gasteiger partial charge in [0, 0.05) is 15.6 Å². The third kappa shape index (κ3) is 3.69. The molecule has 0 spiro atoms. The third-order valence-electron chi connectivity index (χ3n) is 2.83. The van der Waals surface area contributed by atoms with Crippen molar-refractivity contribution >= 4 is 46.0 Å². The molecular formula is C14H15ClN2S2. The molecule has 0 radical (unpaired) electrons. The van der Waals surface area contributed by atoms with Gasteiger partial charge in [-0.1, -0.05) is 23.7 Å². The van der Waals surface area contributed by atoms with Gasteiger partial charge in [0.15, 0.2) is 5.11 Å². The molecule has 1 heterocycles. The van der Waals surface area contributed by atoms with Crippen molar-refractivity contribution in [3.05, 3.63) is 51.2 Å². The SMILES string of the molecule is Cc1c(Cl)cccc1NC(=S)N[C@@H](C)c1cccs1. The van der Waals surface area contributed by atoms with Crippen LogP contribution in [0.4, 0.5) is 5.69 Å². The van der Waals surface area contributed by atoms with Crippen molar-refractivity contribution in [1.82, 2.24) is 5.32 Å². The molecule has 0 saturated carbocycles. The Morgan fingerprint density at radius 3 is 2.79 bits per heavy atom. The maximum Gasteiger partial charge on any atom is 0.171 e. The van der Waals surface area contributed by atoms with Crippen LogP contribution in [0.15, 0.2) is 35.7 Å². The molecule has 2 N–H and O–H groups in total. The Labute approximate surface area is 127 Å². The van der Waals surface area contributed by atoms with Gasteiger partial charge in [-0.15, -0.1) is 11.3 Å². The Bertz CT molecular complexity index is 567. The Morgan fingerprint density at radius 1 is 1.32 bits per heavy atom. The lowest BCUT2D eigenvalue weighted by Gasteiger charge is -2.17. The van der Waals surface area contributed by atoms with Crippen molar-refractivity contribution in [2.75, 3.05) is 5.32 Å². The summed E-state index contributed by atoms with van der Waals surface area (Å²) in [5.41, 5.74) is 1.93. The van der Waals surface area contributed by atoms with Crippen LogP contribution in [0.5, 0.6) is 0 Å². The van der Waals surface area contributed by atoms with E-state index in [0.717, 1.165) is 16.3 Å². The molecule has 2 nitrogen and oxygen atoms in total. The summed E-state index contributed by atoms with van der Waals surface area (Å²) in [4.78, 5) is 1.26. The normalized spacial score (nSPS) is 11.9. The van der Waals surface area contributed by atoms with Crippen molar-refractivity contribution in [2.45, 2.75) is 19.9 Å². The van der Waals surface area contributed by atoms with E-state index in [2.05, 4.69) is 29.0 Å². The summed E-state index contributed by atoms with van der Waals surface area (Å²) in [5, 5.41) is 9.85. The molecule has 0 fully saturated rings. The highest BCUT2D eigenvalue weighted by atomic mass is 35.5. The molecule has 0 aliphatic carbocycles.